The Morgan fingerprint density at radius 1 is 1.05 bits per heavy atom. The van der Waals surface area contributed by atoms with E-state index >= 15 is 0 Å². The molecule has 0 spiro atoms. The Kier molecular flexibility index (Phi) is 6.67. The van der Waals surface area contributed by atoms with E-state index in [0.29, 0.717) is 6.61 Å². The maximum Gasteiger partial charge on any atom is 0.306 e. The van der Waals surface area contributed by atoms with Gasteiger partial charge in [-0.3, -0.25) is 9.59 Å². The second-order valence-corrected chi connectivity index (χ2v) is 10.6. The lowest BCUT2D eigenvalue weighted by molar-refractivity contribution is -0.143. The summed E-state index contributed by atoms with van der Waals surface area (Å²) in [4.78, 5) is 28.5. The first-order valence-electron chi connectivity index (χ1n) is 14.0. The first kappa shape index (κ1) is 25.3. The third kappa shape index (κ3) is 4.40. The SMILES string of the molecule is CCOC(=O)C[C@H](c1ccc2c(c1)C1CCC(C2)N1C(=O)c1ccccc1)c1ccc2c(nnn2CC)c1C. The van der Waals surface area contributed by atoms with E-state index in [1.165, 1.54) is 11.1 Å². The standard InChI is InChI=1S/C32H34N4O3/c1-4-35-29-16-14-25(20(3)31(29)33-34-35)26(19-30(37)39-5-2)23-12-11-22-17-24-13-15-28(27(22)18-23)36(24)32(38)21-9-7-6-8-10-21/h6-12,14,16,18,24,26,28H,4-5,13,15,17,19H2,1-3H3/t24?,26-,28?/m1/s1. The summed E-state index contributed by atoms with van der Waals surface area (Å²) in [6, 6.07) is 20.6. The molecular weight excluding hydrogens is 488 g/mol. The molecule has 39 heavy (non-hydrogen) atoms. The highest BCUT2D eigenvalue weighted by Crippen LogP contribution is 2.46. The molecule has 7 nitrogen and oxygen atoms in total. The Morgan fingerprint density at radius 2 is 1.87 bits per heavy atom. The molecule has 2 aliphatic heterocycles. The van der Waals surface area contributed by atoms with E-state index < -0.39 is 0 Å². The molecule has 3 atom stereocenters. The summed E-state index contributed by atoms with van der Waals surface area (Å²) in [6.45, 7) is 7.03. The lowest BCUT2D eigenvalue weighted by Crippen LogP contribution is -2.41. The van der Waals surface area contributed by atoms with Crippen LogP contribution >= 0.6 is 0 Å². The topological polar surface area (TPSA) is 77.3 Å². The highest BCUT2D eigenvalue weighted by atomic mass is 16.5. The molecule has 3 heterocycles. The van der Waals surface area contributed by atoms with Gasteiger partial charge in [-0.15, -0.1) is 5.10 Å². The molecule has 1 amide bonds. The van der Waals surface area contributed by atoms with E-state index in [9.17, 15) is 9.59 Å². The first-order chi connectivity index (χ1) is 19.0. The highest BCUT2D eigenvalue weighted by Gasteiger charge is 2.43. The van der Waals surface area contributed by atoms with Gasteiger partial charge in [0.05, 0.1) is 24.6 Å². The van der Waals surface area contributed by atoms with Gasteiger partial charge in [0.25, 0.3) is 5.91 Å². The number of hydrogen-bond donors (Lipinski definition) is 0. The summed E-state index contributed by atoms with van der Waals surface area (Å²) in [5.74, 6) is -0.316. The van der Waals surface area contributed by atoms with Gasteiger partial charge in [-0.25, -0.2) is 4.68 Å². The van der Waals surface area contributed by atoms with Gasteiger partial charge in [-0.2, -0.15) is 0 Å². The smallest absolute Gasteiger partial charge is 0.306 e. The van der Waals surface area contributed by atoms with Crippen LogP contribution in [0.15, 0.2) is 60.7 Å². The first-order valence-corrected chi connectivity index (χ1v) is 14.0. The Bertz CT molecular complexity index is 1540. The minimum absolute atomic E-state index is 0.0441. The maximum absolute atomic E-state index is 13.6. The zero-order valence-electron chi connectivity index (χ0n) is 22.8. The Labute approximate surface area is 228 Å². The van der Waals surface area contributed by atoms with E-state index in [1.807, 2.05) is 48.9 Å². The van der Waals surface area contributed by atoms with Gasteiger partial charge in [0, 0.05) is 24.1 Å². The van der Waals surface area contributed by atoms with Crippen molar-refractivity contribution in [1.29, 1.82) is 0 Å². The molecule has 0 aliphatic carbocycles. The van der Waals surface area contributed by atoms with Gasteiger partial charge in [0.1, 0.15) is 5.52 Å². The van der Waals surface area contributed by atoms with E-state index in [-0.39, 0.29) is 36.3 Å². The lowest BCUT2D eigenvalue weighted by atomic mass is 9.82. The number of hydrogen-bond acceptors (Lipinski definition) is 5. The number of carbonyl (C=O) groups is 2. The second-order valence-electron chi connectivity index (χ2n) is 10.6. The monoisotopic (exact) mass is 522 g/mol. The minimum Gasteiger partial charge on any atom is -0.466 e. The van der Waals surface area contributed by atoms with Crippen molar-refractivity contribution in [1.82, 2.24) is 19.9 Å². The van der Waals surface area contributed by atoms with Crippen LogP contribution < -0.4 is 0 Å². The zero-order chi connectivity index (χ0) is 27.1. The van der Waals surface area contributed by atoms with Crippen LogP contribution in [0.1, 0.15) is 83.2 Å². The van der Waals surface area contributed by atoms with E-state index in [0.717, 1.165) is 59.1 Å². The molecule has 2 unspecified atom stereocenters. The van der Waals surface area contributed by atoms with Crippen molar-refractivity contribution >= 4 is 22.9 Å². The fourth-order valence-electron chi connectivity index (χ4n) is 6.59. The van der Waals surface area contributed by atoms with Crippen LogP contribution in [0.25, 0.3) is 11.0 Å². The number of aromatic nitrogens is 3. The number of aryl methyl sites for hydroxylation is 2. The van der Waals surface area contributed by atoms with Crippen molar-refractivity contribution in [2.75, 3.05) is 6.61 Å². The number of amides is 1. The molecule has 3 aromatic carbocycles. The quantitative estimate of drug-likeness (QED) is 0.289. The number of rotatable bonds is 7. The van der Waals surface area contributed by atoms with Crippen LogP contribution in [0.5, 0.6) is 0 Å². The molecule has 4 aromatic rings. The van der Waals surface area contributed by atoms with Gasteiger partial charge in [-0.1, -0.05) is 47.7 Å². The molecule has 2 bridgehead atoms. The predicted molar refractivity (Wildman–Crippen MR) is 150 cm³/mol. The third-order valence-electron chi connectivity index (χ3n) is 8.48. The predicted octanol–water partition coefficient (Wildman–Crippen LogP) is 5.75. The number of esters is 1. The van der Waals surface area contributed by atoms with Gasteiger partial charge in [0.15, 0.2) is 0 Å². The van der Waals surface area contributed by atoms with Gasteiger partial charge >= 0.3 is 5.97 Å². The molecule has 7 heteroatoms. The van der Waals surface area contributed by atoms with Crippen LogP contribution in [-0.4, -0.2) is 44.4 Å². The number of ether oxygens (including phenoxy) is 1. The van der Waals surface area contributed by atoms with Crippen molar-refractivity contribution in [3.05, 3.63) is 94.0 Å². The average Bonchev–Trinajstić information content (AvgIpc) is 3.52. The molecular formula is C32H34N4O3. The number of nitrogens with zero attached hydrogens (tertiary/aromatic N) is 4. The zero-order valence-corrected chi connectivity index (χ0v) is 22.8. The van der Waals surface area contributed by atoms with Crippen molar-refractivity contribution in [3.63, 3.8) is 0 Å². The summed E-state index contributed by atoms with van der Waals surface area (Å²) in [6.07, 6.45) is 3.05. The van der Waals surface area contributed by atoms with E-state index in [2.05, 4.69) is 52.5 Å². The third-order valence-corrected chi connectivity index (χ3v) is 8.48. The largest absolute Gasteiger partial charge is 0.466 e. The van der Waals surface area contributed by atoms with Crippen LogP contribution in [0.3, 0.4) is 0 Å². The van der Waals surface area contributed by atoms with E-state index in [1.54, 1.807) is 0 Å². The summed E-state index contributed by atoms with van der Waals surface area (Å²) >= 11 is 0. The van der Waals surface area contributed by atoms with Gasteiger partial charge in [-0.05, 0) is 86.1 Å². The second kappa shape index (κ2) is 10.3. The summed E-state index contributed by atoms with van der Waals surface area (Å²) in [7, 11) is 0. The molecule has 0 saturated carbocycles. The molecule has 1 saturated heterocycles. The van der Waals surface area contributed by atoms with Crippen molar-refractivity contribution in [2.24, 2.45) is 0 Å². The highest BCUT2D eigenvalue weighted by molar-refractivity contribution is 5.95. The van der Waals surface area contributed by atoms with Crippen molar-refractivity contribution < 1.29 is 14.3 Å². The Morgan fingerprint density at radius 3 is 2.64 bits per heavy atom. The summed E-state index contributed by atoms with van der Waals surface area (Å²) in [5, 5.41) is 8.76. The minimum atomic E-state index is -0.223. The molecule has 0 radical (unpaired) electrons. The molecule has 6 rings (SSSR count). The summed E-state index contributed by atoms with van der Waals surface area (Å²) < 4.78 is 7.29. The lowest BCUT2D eigenvalue weighted by Gasteiger charge is -2.37. The van der Waals surface area contributed by atoms with Crippen LogP contribution in [0, 0.1) is 6.92 Å². The molecule has 2 aliphatic rings. The molecule has 1 aromatic heterocycles. The van der Waals surface area contributed by atoms with Crippen molar-refractivity contribution in [2.45, 2.75) is 71.0 Å². The van der Waals surface area contributed by atoms with Crippen LogP contribution in [0.2, 0.25) is 0 Å². The van der Waals surface area contributed by atoms with Crippen molar-refractivity contribution in [3.8, 4) is 0 Å². The average molecular weight is 523 g/mol. The fourth-order valence-corrected chi connectivity index (χ4v) is 6.59. The molecule has 1 fully saturated rings. The maximum atomic E-state index is 13.6. The van der Waals surface area contributed by atoms with Crippen LogP contribution in [0.4, 0.5) is 0 Å². The number of benzene rings is 3. The Balaban J connectivity index is 1.41. The number of fused-ring (bicyclic) bond motifs is 5. The normalized spacial score (nSPS) is 18.7. The van der Waals surface area contributed by atoms with Gasteiger partial charge in [0.2, 0.25) is 0 Å². The molecule has 200 valence electrons. The van der Waals surface area contributed by atoms with Crippen LogP contribution in [-0.2, 0) is 22.5 Å². The summed E-state index contributed by atoms with van der Waals surface area (Å²) in [5.41, 5.74) is 8.23. The Hall–Kier alpha value is -4.00. The van der Waals surface area contributed by atoms with E-state index in [4.69, 9.17) is 4.74 Å². The fraction of sp³-hybridized carbons (Fsp3) is 0.375. The number of carbonyl (C=O) groups excluding carboxylic acids is 2. The van der Waals surface area contributed by atoms with Gasteiger partial charge < -0.3 is 9.64 Å². The molecule has 0 N–H and O–H groups in total.